The Hall–Kier alpha value is -3.03. The van der Waals surface area contributed by atoms with E-state index in [0.29, 0.717) is 36.8 Å². The van der Waals surface area contributed by atoms with Crippen molar-refractivity contribution in [3.8, 4) is 5.75 Å². The fourth-order valence-corrected chi connectivity index (χ4v) is 3.11. The number of hydrogen-bond donors (Lipinski definition) is 1. The fraction of sp³-hybridized carbons (Fsp3) is 0.391. The van der Waals surface area contributed by atoms with E-state index in [1.54, 1.807) is 23.1 Å². The van der Waals surface area contributed by atoms with Crippen LogP contribution >= 0.6 is 0 Å². The number of carbonyl (C=O) groups is 1. The summed E-state index contributed by atoms with van der Waals surface area (Å²) in [5.74, 6) is 0.816. The van der Waals surface area contributed by atoms with Crippen molar-refractivity contribution < 1.29 is 22.7 Å². The lowest BCUT2D eigenvalue weighted by Gasteiger charge is -2.20. The molecule has 0 spiro atoms. The highest BCUT2D eigenvalue weighted by Crippen LogP contribution is 2.30. The molecule has 1 aliphatic rings. The Morgan fingerprint density at radius 1 is 1.16 bits per heavy atom. The number of hydrogen-bond acceptors (Lipinski definition) is 4. The van der Waals surface area contributed by atoms with Crippen molar-refractivity contribution in [1.29, 1.82) is 0 Å². The van der Waals surface area contributed by atoms with Crippen LogP contribution in [-0.4, -0.2) is 30.1 Å². The van der Waals surface area contributed by atoms with Crippen LogP contribution in [0, 0.1) is 5.41 Å². The predicted molar refractivity (Wildman–Crippen MR) is 114 cm³/mol. The number of nitrogens with zero attached hydrogens (tertiary/aromatic N) is 2. The van der Waals surface area contributed by atoms with Gasteiger partial charge in [-0.2, -0.15) is 13.2 Å². The van der Waals surface area contributed by atoms with Crippen LogP contribution in [0.5, 0.6) is 5.75 Å². The van der Waals surface area contributed by atoms with Crippen LogP contribution < -0.4 is 15.0 Å². The lowest BCUT2D eigenvalue weighted by atomic mass is 9.95. The van der Waals surface area contributed by atoms with E-state index in [4.69, 9.17) is 4.74 Å². The molecule has 31 heavy (non-hydrogen) atoms. The summed E-state index contributed by atoms with van der Waals surface area (Å²) in [5.41, 5.74) is -0.140. The molecule has 1 amide bonds. The minimum Gasteiger partial charge on any atom is -0.489 e. The smallest absolute Gasteiger partial charge is 0.433 e. The first-order chi connectivity index (χ1) is 14.4. The summed E-state index contributed by atoms with van der Waals surface area (Å²) in [6.07, 6.45) is -3.96. The second-order valence-electron chi connectivity index (χ2n) is 8.56. The van der Waals surface area contributed by atoms with Gasteiger partial charge < -0.3 is 15.0 Å². The molecule has 1 aromatic carbocycles. The number of amides is 1. The maximum atomic E-state index is 12.9. The SMILES string of the molecule is C=C(NC(=O)C(C)(C)C)c1ccc(OC2CCN(c3cccc(C(F)(F)F)n3)C2)cc1. The van der Waals surface area contributed by atoms with Gasteiger partial charge in [0, 0.05) is 24.1 Å². The standard InChI is InChI=1S/C23H26F3N3O2/c1-15(27-21(30)22(2,3)4)16-8-10-17(11-9-16)31-18-12-13-29(14-18)20-7-5-6-19(28-20)23(24,25)26/h5-11,18H,1,12-14H2,2-4H3,(H,27,30). The molecule has 0 saturated carbocycles. The maximum Gasteiger partial charge on any atom is 0.433 e. The van der Waals surface area contributed by atoms with Crippen LogP contribution in [0.4, 0.5) is 19.0 Å². The first-order valence-electron chi connectivity index (χ1n) is 10.00. The Kier molecular flexibility index (Phi) is 6.29. The molecule has 1 N–H and O–H groups in total. The lowest BCUT2D eigenvalue weighted by Crippen LogP contribution is -2.33. The van der Waals surface area contributed by atoms with Gasteiger partial charge in [0.15, 0.2) is 0 Å². The first kappa shape index (κ1) is 22.7. The summed E-state index contributed by atoms with van der Waals surface area (Å²) in [6, 6.07) is 11.1. The molecule has 2 aromatic rings. The minimum atomic E-state index is -4.47. The summed E-state index contributed by atoms with van der Waals surface area (Å²) < 4.78 is 44.7. The highest BCUT2D eigenvalue weighted by Gasteiger charge is 2.33. The number of pyridine rings is 1. The molecule has 1 atom stereocenters. The van der Waals surface area contributed by atoms with Gasteiger partial charge in [0.1, 0.15) is 23.4 Å². The molecular formula is C23H26F3N3O2. The van der Waals surface area contributed by atoms with Gasteiger partial charge in [-0.15, -0.1) is 0 Å². The predicted octanol–water partition coefficient (Wildman–Crippen LogP) is 4.89. The summed E-state index contributed by atoms with van der Waals surface area (Å²) in [6.45, 7) is 10.4. The highest BCUT2D eigenvalue weighted by molar-refractivity contribution is 5.89. The monoisotopic (exact) mass is 433 g/mol. The van der Waals surface area contributed by atoms with E-state index in [1.165, 1.54) is 6.07 Å². The van der Waals surface area contributed by atoms with E-state index in [1.807, 2.05) is 32.9 Å². The zero-order valence-electron chi connectivity index (χ0n) is 17.8. The average molecular weight is 433 g/mol. The Labute approximate surface area is 179 Å². The Bertz CT molecular complexity index is 950. The molecule has 0 radical (unpaired) electrons. The number of alkyl halides is 3. The van der Waals surface area contributed by atoms with Crippen molar-refractivity contribution in [2.24, 2.45) is 5.41 Å². The molecule has 166 valence electrons. The van der Waals surface area contributed by atoms with E-state index >= 15 is 0 Å². The van der Waals surface area contributed by atoms with Crippen LogP contribution in [-0.2, 0) is 11.0 Å². The van der Waals surface area contributed by atoms with Crippen LogP contribution in [0.3, 0.4) is 0 Å². The molecular weight excluding hydrogens is 407 g/mol. The molecule has 2 heterocycles. The van der Waals surface area contributed by atoms with Gasteiger partial charge in [0.2, 0.25) is 5.91 Å². The number of rotatable bonds is 5. The van der Waals surface area contributed by atoms with Gasteiger partial charge in [-0.1, -0.05) is 33.4 Å². The second-order valence-corrected chi connectivity index (χ2v) is 8.56. The van der Waals surface area contributed by atoms with Crippen molar-refractivity contribution in [3.05, 3.63) is 60.3 Å². The van der Waals surface area contributed by atoms with E-state index in [2.05, 4.69) is 16.9 Å². The molecule has 0 aliphatic carbocycles. The normalized spacial score (nSPS) is 16.8. The molecule has 8 heteroatoms. The van der Waals surface area contributed by atoms with Crippen molar-refractivity contribution >= 4 is 17.4 Å². The van der Waals surface area contributed by atoms with Crippen molar-refractivity contribution in [3.63, 3.8) is 0 Å². The van der Waals surface area contributed by atoms with E-state index in [-0.39, 0.29) is 12.0 Å². The zero-order valence-corrected chi connectivity index (χ0v) is 17.8. The van der Waals surface area contributed by atoms with E-state index < -0.39 is 17.3 Å². The number of benzene rings is 1. The third-order valence-electron chi connectivity index (χ3n) is 4.94. The van der Waals surface area contributed by atoms with E-state index in [9.17, 15) is 18.0 Å². The largest absolute Gasteiger partial charge is 0.489 e. The number of aromatic nitrogens is 1. The second kappa shape index (κ2) is 8.61. The minimum absolute atomic E-state index is 0.118. The number of nitrogens with one attached hydrogen (secondary N) is 1. The molecule has 1 saturated heterocycles. The molecule has 1 fully saturated rings. The summed E-state index contributed by atoms with van der Waals surface area (Å²) in [7, 11) is 0. The van der Waals surface area contributed by atoms with Crippen LogP contribution in [0.2, 0.25) is 0 Å². The Morgan fingerprint density at radius 2 is 1.84 bits per heavy atom. The van der Waals surface area contributed by atoms with Crippen LogP contribution in [0.1, 0.15) is 38.4 Å². The van der Waals surface area contributed by atoms with Gasteiger partial charge in [0.05, 0.1) is 6.54 Å². The number of halogens is 3. The third kappa shape index (κ3) is 5.77. The van der Waals surface area contributed by atoms with Crippen molar-refractivity contribution in [2.75, 3.05) is 18.0 Å². The topological polar surface area (TPSA) is 54.5 Å². The summed E-state index contributed by atoms with van der Waals surface area (Å²) in [4.78, 5) is 17.6. The molecule has 0 bridgehead atoms. The molecule has 3 rings (SSSR count). The molecule has 1 unspecified atom stereocenters. The summed E-state index contributed by atoms with van der Waals surface area (Å²) >= 11 is 0. The Morgan fingerprint density at radius 3 is 2.45 bits per heavy atom. The Balaban J connectivity index is 1.58. The van der Waals surface area contributed by atoms with Crippen LogP contribution in [0.15, 0.2) is 49.0 Å². The van der Waals surface area contributed by atoms with Gasteiger partial charge >= 0.3 is 6.18 Å². The van der Waals surface area contributed by atoms with Gasteiger partial charge in [-0.25, -0.2) is 4.98 Å². The van der Waals surface area contributed by atoms with E-state index in [0.717, 1.165) is 11.6 Å². The molecule has 1 aliphatic heterocycles. The van der Waals surface area contributed by atoms with Gasteiger partial charge in [-0.05, 0) is 42.0 Å². The first-order valence-corrected chi connectivity index (χ1v) is 10.00. The van der Waals surface area contributed by atoms with Crippen LogP contribution in [0.25, 0.3) is 5.70 Å². The zero-order chi connectivity index (χ0) is 22.8. The number of carbonyl (C=O) groups excluding carboxylic acids is 1. The lowest BCUT2D eigenvalue weighted by molar-refractivity contribution is -0.141. The van der Waals surface area contributed by atoms with Gasteiger partial charge in [-0.3, -0.25) is 4.79 Å². The number of ether oxygens (including phenoxy) is 1. The van der Waals surface area contributed by atoms with Crippen molar-refractivity contribution in [2.45, 2.75) is 39.5 Å². The summed E-state index contributed by atoms with van der Waals surface area (Å²) in [5, 5.41) is 2.80. The highest BCUT2D eigenvalue weighted by atomic mass is 19.4. The fourth-order valence-electron chi connectivity index (χ4n) is 3.11. The quantitative estimate of drug-likeness (QED) is 0.730. The number of anilines is 1. The van der Waals surface area contributed by atoms with Crippen molar-refractivity contribution in [1.82, 2.24) is 10.3 Å². The molecule has 5 nitrogen and oxygen atoms in total. The maximum absolute atomic E-state index is 12.9. The molecule has 1 aromatic heterocycles. The van der Waals surface area contributed by atoms with Gasteiger partial charge in [0.25, 0.3) is 0 Å². The third-order valence-corrected chi connectivity index (χ3v) is 4.94. The average Bonchev–Trinajstić information content (AvgIpc) is 3.15.